The molecule has 0 aromatic heterocycles. The van der Waals surface area contributed by atoms with Crippen molar-refractivity contribution in [2.75, 3.05) is 6.54 Å². The largest absolute Gasteiger partial charge is 0.343 e. The first-order valence-electron chi connectivity index (χ1n) is 8.28. The summed E-state index contributed by atoms with van der Waals surface area (Å²) in [5.41, 5.74) is 1.64. The van der Waals surface area contributed by atoms with Gasteiger partial charge in [0.05, 0.1) is 6.54 Å². The molecule has 2 aromatic rings. The van der Waals surface area contributed by atoms with Crippen LogP contribution in [0.25, 0.3) is 0 Å². The summed E-state index contributed by atoms with van der Waals surface area (Å²) in [6, 6.07) is 18.9. The first kappa shape index (κ1) is 17.7. The van der Waals surface area contributed by atoms with Crippen LogP contribution in [0.2, 0.25) is 0 Å². The fraction of sp³-hybridized carbons (Fsp3) is 0.300. The van der Waals surface area contributed by atoms with Gasteiger partial charge in [-0.25, -0.2) is 0 Å². The van der Waals surface area contributed by atoms with Crippen molar-refractivity contribution in [2.24, 2.45) is 0 Å². The van der Waals surface area contributed by atoms with Gasteiger partial charge in [-0.05, 0) is 31.0 Å². The van der Waals surface area contributed by atoms with E-state index in [0.29, 0.717) is 12.1 Å². The van der Waals surface area contributed by atoms with Gasteiger partial charge in [-0.3, -0.25) is 9.59 Å². The number of nitrogens with one attached hydrogen (secondary N) is 1. The van der Waals surface area contributed by atoms with Gasteiger partial charge in [0.15, 0.2) is 0 Å². The van der Waals surface area contributed by atoms with Gasteiger partial charge in [0, 0.05) is 18.2 Å². The molecule has 1 unspecified atom stereocenters. The van der Waals surface area contributed by atoms with E-state index in [2.05, 4.69) is 12.2 Å². The number of rotatable bonds is 7. The van der Waals surface area contributed by atoms with E-state index in [4.69, 9.17) is 0 Å². The van der Waals surface area contributed by atoms with Gasteiger partial charge in [-0.15, -0.1) is 0 Å². The molecule has 4 heteroatoms. The molecule has 0 saturated heterocycles. The van der Waals surface area contributed by atoms with Crippen LogP contribution >= 0.6 is 0 Å². The van der Waals surface area contributed by atoms with Crippen molar-refractivity contribution in [3.05, 3.63) is 71.8 Å². The van der Waals surface area contributed by atoms with Crippen LogP contribution in [0.1, 0.15) is 36.2 Å². The van der Waals surface area contributed by atoms with Gasteiger partial charge in [0.2, 0.25) is 5.91 Å². The van der Waals surface area contributed by atoms with Crippen molar-refractivity contribution >= 4 is 11.8 Å². The van der Waals surface area contributed by atoms with E-state index in [1.807, 2.05) is 48.2 Å². The van der Waals surface area contributed by atoms with Crippen LogP contribution in [0.4, 0.5) is 0 Å². The molecule has 1 N–H and O–H groups in total. The predicted octanol–water partition coefficient (Wildman–Crippen LogP) is 3.24. The van der Waals surface area contributed by atoms with Gasteiger partial charge in [-0.1, -0.05) is 55.5 Å². The van der Waals surface area contributed by atoms with Crippen LogP contribution in [0, 0.1) is 0 Å². The first-order chi connectivity index (χ1) is 11.6. The molecule has 0 aliphatic carbocycles. The van der Waals surface area contributed by atoms with E-state index in [9.17, 15) is 9.59 Å². The van der Waals surface area contributed by atoms with Crippen molar-refractivity contribution in [3.8, 4) is 0 Å². The predicted molar refractivity (Wildman–Crippen MR) is 95.5 cm³/mol. The third kappa shape index (κ3) is 4.95. The summed E-state index contributed by atoms with van der Waals surface area (Å²) < 4.78 is 0. The third-order valence-corrected chi connectivity index (χ3v) is 4.08. The van der Waals surface area contributed by atoms with Crippen LogP contribution < -0.4 is 5.32 Å². The lowest BCUT2D eigenvalue weighted by atomic mass is 10.1. The van der Waals surface area contributed by atoms with Crippen LogP contribution in [-0.2, 0) is 11.3 Å². The van der Waals surface area contributed by atoms with Crippen molar-refractivity contribution in [3.63, 3.8) is 0 Å². The summed E-state index contributed by atoms with van der Waals surface area (Å²) in [5, 5.41) is 2.71. The first-order valence-corrected chi connectivity index (χ1v) is 8.28. The molecule has 24 heavy (non-hydrogen) atoms. The second-order valence-electron chi connectivity index (χ2n) is 5.81. The van der Waals surface area contributed by atoms with Crippen LogP contribution in [0.5, 0.6) is 0 Å². The molecular weight excluding hydrogens is 300 g/mol. The molecular formula is C20H24N2O2. The van der Waals surface area contributed by atoms with Crippen molar-refractivity contribution in [2.45, 2.75) is 32.9 Å². The number of amides is 2. The summed E-state index contributed by atoms with van der Waals surface area (Å²) >= 11 is 0. The molecule has 0 spiro atoms. The summed E-state index contributed by atoms with van der Waals surface area (Å²) in [6.45, 7) is 4.64. The van der Waals surface area contributed by atoms with Crippen molar-refractivity contribution in [1.82, 2.24) is 10.2 Å². The Morgan fingerprint density at radius 3 is 2.17 bits per heavy atom. The van der Waals surface area contributed by atoms with Crippen molar-refractivity contribution < 1.29 is 9.59 Å². The number of carbonyl (C=O) groups is 2. The lowest BCUT2D eigenvalue weighted by Gasteiger charge is -2.29. The minimum atomic E-state index is -0.229. The molecule has 2 aromatic carbocycles. The minimum Gasteiger partial charge on any atom is -0.343 e. The molecule has 4 nitrogen and oxygen atoms in total. The van der Waals surface area contributed by atoms with E-state index >= 15 is 0 Å². The average molecular weight is 324 g/mol. The number of hydrogen-bond donors (Lipinski definition) is 1. The SMILES string of the molecule is CCC(C)N(Cc1ccccc1)C(=O)CNC(=O)c1ccccc1. The second-order valence-corrected chi connectivity index (χ2v) is 5.81. The quantitative estimate of drug-likeness (QED) is 0.850. The van der Waals surface area contributed by atoms with Crippen LogP contribution in [0.3, 0.4) is 0 Å². The Morgan fingerprint density at radius 1 is 1.00 bits per heavy atom. The van der Waals surface area contributed by atoms with Gasteiger partial charge in [0.1, 0.15) is 0 Å². The smallest absolute Gasteiger partial charge is 0.251 e. The Bertz CT molecular complexity index is 656. The van der Waals surface area contributed by atoms with Gasteiger partial charge >= 0.3 is 0 Å². The molecule has 0 saturated carbocycles. The average Bonchev–Trinajstić information content (AvgIpc) is 2.64. The maximum Gasteiger partial charge on any atom is 0.251 e. The lowest BCUT2D eigenvalue weighted by Crippen LogP contribution is -2.44. The molecule has 0 aliphatic rings. The highest BCUT2D eigenvalue weighted by Crippen LogP contribution is 2.11. The number of benzene rings is 2. The fourth-order valence-corrected chi connectivity index (χ4v) is 2.44. The highest BCUT2D eigenvalue weighted by atomic mass is 16.2. The normalized spacial score (nSPS) is 11.6. The van der Waals surface area contributed by atoms with Crippen LogP contribution in [-0.4, -0.2) is 29.3 Å². The summed E-state index contributed by atoms with van der Waals surface area (Å²) in [5.74, 6) is -0.301. The number of nitrogens with zero attached hydrogens (tertiary/aromatic N) is 1. The Labute approximate surface area is 143 Å². The molecule has 0 heterocycles. The molecule has 1 atom stereocenters. The lowest BCUT2D eigenvalue weighted by molar-refractivity contribution is -0.132. The highest BCUT2D eigenvalue weighted by Gasteiger charge is 2.19. The summed E-state index contributed by atoms with van der Waals surface area (Å²) in [4.78, 5) is 26.5. The van der Waals surface area contributed by atoms with Gasteiger partial charge in [-0.2, -0.15) is 0 Å². The van der Waals surface area contributed by atoms with Gasteiger partial charge < -0.3 is 10.2 Å². The molecule has 0 bridgehead atoms. The van der Waals surface area contributed by atoms with Crippen molar-refractivity contribution in [1.29, 1.82) is 0 Å². The molecule has 126 valence electrons. The molecule has 2 rings (SSSR count). The second kappa shape index (κ2) is 8.87. The van der Waals surface area contributed by atoms with Crippen LogP contribution in [0.15, 0.2) is 60.7 Å². The van der Waals surface area contributed by atoms with E-state index in [1.165, 1.54) is 0 Å². The summed E-state index contributed by atoms with van der Waals surface area (Å²) in [7, 11) is 0. The van der Waals surface area contributed by atoms with Gasteiger partial charge in [0.25, 0.3) is 5.91 Å². The molecule has 2 amide bonds. The Morgan fingerprint density at radius 2 is 1.58 bits per heavy atom. The minimum absolute atomic E-state index is 0.00486. The third-order valence-electron chi connectivity index (χ3n) is 4.08. The molecule has 0 aliphatic heterocycles. The Hall–Kier alpha value is -2.62. The van der Waals surface area contributed by atoms with E-state index in [-0.39, 0.29) is 24.4 Å². The van der Waals surface area contributed by atoms with E-state index in [0.717, 1.165) is 12.0 Å². The molecule has 0 fully saturated rings. The zero-order chi connectivity index (χ0) is 17.4. The maximum atomic E-state index is 12.6. The maximum absolute atomic E-state index is 12.6. The monoisotopic (exact) mass is 324 g/mol. The fourth-order valence-electron chi connectivity index (χ4n) is 2.44. The zero-order valence-electron chi connectivity index (χ0n) is 14.2. The Kier molecular flexibility index (Phi) is 6.55. The summed E-state index contributed by atoms with van der Waals surface area (Å²) in [6.07, 6.45) is 0.866. The standard InChI is InChI=1S/C20H24N2O2/c1-3-16(2)22(15-17-10-6-4-7-11-17)19(23)14-21-20(24)18-12-8-5-9-13-18/h4-13,16H,3,14-15H2,1-2H3,(H,21,24). The number of hydrogen-bond acceptors (Lipinski definition) is 2. The topological polar surface area (TPSA) is 49.4 Å². The molecule has 0 radical (unpaired) electrons. The number of carbonyl (C=O) groups excluding carboxylic acids is 2. The zero-order valence-corrected chi connectivity index (χ0v) is 14.2. The highest BCUT2D eigenvalue weighted by molar-refractivity contribution is 5.96. The van der Waals surface area contributed by atoms with E-state index < -0.39 is 0 Å². The van der Waals surface area contributed by atoms with E-state index in [1.54, 1.807) is 24.3 Å². The Balaban J connectivity index is 1.99.